The molecule has 1 aliphatic rings. The molecule has 2 aromatic rings. The first-order valence-corrected chi connectivity index (χ1v) is 10.4. The number of piperidine rings is 1. The lowest BCUT2D eigenvalue weighted by Crippen LogP contribution is -2.35. The van der Waals surface area contributed by atoms with Gasteiger partial charge in [-0.3, -0.25) is 9.78 Å². The van der Waals surface area contributed by atoms with Crippen LogP contribution in [0.25, 0.3) is 0 Å². The van der Waals surface area contributed by atoms with E-state index < -0.39 is 10.0 Å². The molecule has 27 heavy (non-hydrogen) atoms. The van der Waals surface area contributed by atoms with E-state index in [-0.39, 0.29) is 17.3 Å². The zero-order chi connectivity index (χ0) is 19.3. The number of benzene rings is 1. The molecule has 1 aliphatic heterocycles. The van der Waals surface area contributed by atoms with Crippen LogP contribution >= 0.6 is 0 Å². The molecule has 7 nitrogen and oxygen atoms in total. The van der Waals surface area contributed by atoms with Crippen LogP contribution in [0.5, 0.6) is 0 Å². The summed E-state index contributed by atoms with van der Waals surface area (Å²) in [6, 6.07) is 10.6. The van der Waals surface area contributed by atoms with Crippen LogP contribution in [-0.2, 0) is 14.8 Å². The number of carbonyl (C=O) groups is 1. The van der Waals surface area contributed by atoms with Crippen molar-refractivity contribution in [1.29, 1.82) is 0 Å². The molecule has 3 rings (SSSR count). The van der Waals surface area contributed by atoms with Crippen molar-refractivity contribution in [2.75, 3.05) is 36.9 Å². The molecular weight excluding hydrogens is 364 g/mol. The third-order valence-electron chi connectivity index (χ3n) is 4.58. The lowest BCUT2D eigenvalue weighted by molar-refractivity contribution is -0.116. The van der Waals surface area contributed by atoms with Crippen LogP contribution in [-0.4, -0.2) is 50.3 Å². The summed E-state index contributed by atoms with van der Waals surface area (Å²) < 4.78 is 26.1. The van der Waals surface area contributed by atoms with Crippen molar-refractivity contribution in [2.45, 2.75) is 24.2 Å². The molecular formula is C19H24N4O3S. The highest BCUT2D eigenvalue weighted by molar-refractivity contribution is 7.89. The quantitative estimate of drug-likeness (QED) is 0.821. The molecule has 2 heterocycles. The summed E-state index contributed by atoms with van der Waals surface area (Å²) in [5.41, 5.74) is 1.68. The number of likely N-dealkylation sites (N-methyl/N-ethyl adjacent to an activating group) is 1. The summed E-state index contributed by atoms with van der Waals surface area (Å²) in [5, 5.41) is 2.86. The summed E-state index contributed by atoms with van der Waals surface area (Å²) >= 11 is 0. The number of nitrogens with zero attached hydrogens (tertiary/aromatic N) is 3. The minimum Gasteiger partial charge on any atom is -0.370 e. The summed E-state index contributed by atoms with van der Waals surface area (Å²) in [7, 11) is -2.37. The summed E-state index contributed by atoms with van der Waals surface area (Å²) in [6.45, 7) is 1.65. The summed E-state index contributed by atoms with van der Waals surface area (Å²) in [5.74, 6) is -0.380. The van der Waals surface area contributed by atoms with E-state index in [9.17, 15) is 13.2 Å². The van der Waals surface area contributed by atoms with Gasteiger partial charge >= 0.3 is 0 Å². The molecule has 1 fully saturated rings. The van der Waals surface area contributed by atoms with E-state index in [0.717, 1.165) is 35.9 Å². The first-order chi connectivity index (χ1) is 13.0. The zero-order valence-electron chi connectivity index (χ0n) is 15.3. The molecule has 1 aromatic carbocycles. The Bertz CT molecular complexity index is 881. The first kappa shape index (κ1) is 19.3. The van der Waals surface area contributed by atoms with Gasteiger partial charge in [0.2, 0.25) is 15.9 Å². The SMILES string of the molecule is CN(CC(=O)Nc1ccccc1N1CCCCC1)S(=O)(=O)c1cccnc1. The Morgan fingerprint density at radius 3 is 2.59 bits per heavy atom. The Balaban J connectivity index is 1.69. The molecule has 1 saturated heterocycles. The van der Waals surface area contributed by atoms with Gasteiger partial charge in [0.25, 0.3) is 0 Å². The van der Waals surface area contributed by atoms with E-state index in [1.165, 1.54) is 31.9 Å². The Morgan fingerprint density at radius 2 is 1.89 bits per heavy atom. The highest BCUT2D eigenvalue weighted by atomic mass is 32.2. The van der Waals surface area contributed by atoms with Crippen LogP contribution in [0.1, 0.15) is 19.3 Å². The van der Waals surface area contributed by atoms with Crippen molar-refractivity contribution in [1.82, 2.24) is 9.29 Å². The predicted molar refractivity (Wildman–Crippen MR) is 105 cm³/mol. The monoisotopic (exact) mass is 388 g/mol. The number of nitrogens with one attached hydrogen (secondary N) is 1. The molecule has 0 saturated carbocycles. The van der Waals surface area contributed by atoms with Crippen LogP contribution in [0.3, 0.4) is 0 Å². The maximum absolute atomic E-state index is 12.5. The van der Waals surface area contributed by atoms with E-state index in [2.05, 4.69) is 15.2 Å². The van der Waals surface area contributed by atoms with Crippen LogP contribution in [0.15, 0.2) is 53.7 Å². The van der Waals surface area contributed by atoms with Gasteiger partial charge in [0.05, 0.1) is 17.9 Å². The molecule has 0 bridgehead atoms. The second-order valence-corrected chi connectivity index (χ2v) is 8.61. The standard InChI is InChI=1S/C19H24N4O3S/c1-22(27(25,26)16-8-7-11-20-14-16)15-19(24)21-17-9-3-4-10-18(17)23-12-5-2-6-13-23/h3-4,7-11,14H,2,5-6,12-13,15H2,1H3,(H,21,24). The number of aromatic nitrogens is 1. The summed E-state index contributed by atoms with van der Waals surface area (Å²) in [4.78, 5) is 18.6. The van der Waals surface area contributed by atoms with Crippen LogP contribution in [0.4, 0.5) is 11.4 Å². The Morgan fingerprint density at radius 1 is 1.15 bits per heavy atom. The molecule has 144 valence electrons. The van der Waals surface area contributed by atoms with Gasteiger partial charge in [0.15, 0.2) is 0 Å². The van der Waals surface area contributed by atoms with Gasteiger partial charge in [-0.05, 0) is 43.5 Å². The average Bonchev–Trinajstić information content (AvgIpc) is 2.69. The number of anilines is 2. The molecule has 0 atom stereocenters. The maximum Gasteiger partial charge on any atom is 0.244 e. The molecule has 0 radical (unpaired) electrons. The average molecular weight is 388 g/mol. The van der Waals surface area contributed by atoms with Crippen LogP contribution in [0.2, 0.25) is 0 Å². The molecule has 0 spiro atoms. The molecule has 1 amide bonds. The van der Waals surface area contributed by atoms with Gasteiger partial charge in [0, 0.05) is 32.5 Å². The van der Waals surface area contributed by atoms with E-state index in [1.807, 2.05) is 24.3 Å². The number of para-hydroxylation sites is 2. The molecule has 8 heteroatoms. The van der Waals surface area contributed by atoms with Crippen molar-refractivity contribution in [2.24, 2.45) is 0 Å². The molecule has 0 unspecified atom stereocenters. The third-order valence-corrected chi connectivity index (χ3v) is 6.37. The zero-order valence-corrected chi connectivity index (χ0v) is 16.2. The van der Waals surface area contributed by atoms with Gasteiger partial charge in [-0.2, -0.15) is 4.31 Å². The van der Waals surface area contributed by atoms with Gasteiger partial charge in [-0.25, -0.2) is 8.42 Å². The smallest absolute Gasteiger partial charge is 0.244 e. The third kappa shape index (κ3) is 4.64. The lowest BCUT2D eigenvalue weighted by atomic mass is 10.1. The van der Waals surface area contributed by atoms with Crippen LogP contribution in [0, 0.1) is 0 Å². The number of sulfonamides is 1. The molecule has 1 aromatic heterocycles. The fraction of sp³-hybridized carbons (Fsp3) is 0.368. The number of carbonyl (C=O) groups excluding carboxylic acids is 1. The van der Waals surface area contributed by atoms with Gasteiger partial charge < -0.3 is 10.2 Å². The minimum absolute atomic E-state index is 0.0639. The Labute approximate surface area is 160 Å². The largest absolute Gasteiger partial charge is 0.370 e. The van der Waals surface area contributed by atoms with Gasteiger partial charge in [0.1, 0.15) is 4.90 Å². The Kier molecular flexibility index (Phi) is 6.08. The number of amides is 1. The van der Waals surface area contributed by atoms with E-state index in [1.54, 1.807) is 6.07 Å². The second-order valence-electron chi connectivity index (χ2n) is 6.56. The van der Waals surface area contributed by atoms with Crippen molar-refractivity contribution >= 4 is 27.3 Å². The van der Waals surface area contributed by atoms with Crippen molar-refractivity contribution in [3.05, 3.63) is 48.8 Å². The fourth-order valence-corrected chi connectivity index (χ4v) is 4.24. The van der Waals surface area contributed by atoms with Crippen molar-refractivity contribution in [3.8, 4) is 0 Å². The normalized spacial score (nSPS) is 15.0. The number of hydrogen-bond donors (Lipinski definition) is 1. The van der Waals surface area contributed by atoms with E-state index >= 15 is 0 Å². The number of hydrogen-bond acceptors (Lipinski definition) is 5. The first-order valence-electron chi connectivity index (χ1n) is 8.98. The Hall–Kier alpha value is -2.45. The van der Waals surface area contributed by atoms with Gasteiger partial charge in [-0.1, -0.05) is 12.1 Å². The van der Waals surface area contributed by atoms with Gasteiger partial charge in [-0.15, -0.1) is 0 Å². The van der Waals surface area contributed by atoms with Crippen LogP contribution < -0.4 is 10.2 Å². The van der Waals surface area contributed by atoms with Crippen molar-refractivity contribution < 1.29 is 13.2 Å². The second kappa shape index (κ2) is 8.49. The molecule has 1 N–H and O–H groups in total. The fourth-order valence-electron chi connectivity index (χ4n) is 3.15. The van der Waals surface area contributed by atoms with E-state index in [0.29, 0.717) is 5.69 Å². The highest BCUT2D eigenvalue weighted by Gasteiger charge is 2.23. The summed E-state index contributed by atoms with van der Waals surface area (Å²) in [6.07, 6.45) is 6.27. The minimum atomic E-state index is -3.76. The highest BCUT2D eigenvalue weighted by Crippen LogP contribution is 2.28. The lowest BCUT2D eigenvalue weighted by Gasteiger charge is -2.30. The van der Waals surface area contributed by atoms with Crippen molar-refractivity contribution in [3.63, 3.8) is 0 Å². The topological polar surface area (TPSA) is 82.6 Å². The number of pyridine rings is 1. The van der Waals surface area contributed by atoms with E-state index in [4.69, 9.17) is 0 Å². The maximum atomic E-state index is 12.5. The number of rotatable bonds is 6. The predicted octanol–water partition coefficient (Wildman–Crippen LogP) is 2.33. The molecule has 0 aliphatic carbocycles.